The molecule has 3 aromatic rings. The summed E-state index contributed by atoms with van der Waals surface area (Å²) < 4.78 is 0. The molecule has 0 atom stereocenters. The number of nitrogens with zero attached hydrogens (tertiary/aromatic N) is 2. The van der Waals surface area contributed by atoms with E-state index in [9.17, 15) is 0 Å². The van der Waals surface area contributed by atoms with Gasteiger partial charge in [0.15, 0.2) is 0 Å². The van der Waals surface area contributed by atoms with Crippen LogP contribution in [0.5, 0.6) is 0 Å². The minimum atomic E-state index is 0.437. The van der Waals surface area contributed by atoms with Crippen LogP contribution in [0.4, 0.5) is 0 Å². The SMILES string of the molecule is Clc1cnc2c(ccc3c(Cl)c(Cl)cnc32)c1. The minimum absolute atomic E-state index is 0.437. The maximum atomic E-state index is 6.13. The third-order valence-electron chi connectivity index (χ3n) is 2.55. The molecule has 2 aromatic heterocycles. The first-order valence-corrected chi connectivity index (χ1v) is 5.98. The van der Waals surface area contributed by atoms with Gasteiger partial charge in [-0.3, -0.25) is 9.97 Å². The highest BCUT2D eigenvalue weighted by Gasteiger charge is 2.09. The first-order chi connectivity index (χ1) is 8.16. The van der Waals surface area contributed by atoms with Crippen LogP contribution in [0.1, 0.15) is 0 Å². The zero-order valence-corrected chi connectivity index (χ0v) is 10.7. The standard InChI is InChI=1S/C12H5Cl3N2/c13-7-3-6-1-2-8-10(15)9(14)5-17-12(8)11(6)16-4-7/h1-5H. The van der Waals surface area contributed by atoms with Gasteiger partial charge >= 0.3 is 0 Å². The minimum Gasteiger partial charge on any atom is -0.252 e. The molecule has 0 radical (unpaired) electrons. The third kappa shape index (κ3) is 1.73. The highest BCUT2D eigenvalue weighted by atomic mass is 35.5. The summed E-state index contributed by atoms with van der Waals surface area (Å²) in [5.41, 5.74) is 1.50. The Balaban J connectivity index is 2.53. The Hall–Kier alpha value is -1.09. The molecule has 0 unspecified atom stereocenters. The number of rotatable bonds is 0. The van der Waals surface area contributed by atoms with Crippen LogP contribution in [0.2, 0.25) is 15.1 Å². The second-order valence-corrected chi connectivity index (χ2v) is 4.83. The Kier molecular flexibility index (Phi) is 2.58. The fourth-order valence-electron chi connectivity index (χ4n) is 1.77. The van der Waals surface area contributed by atoms with Crippen molar-refractivity contribution in [3.8, 4) is 0 Å². The fourth-order valence-corrected chi connectivity index (χ4v) is 2.29. The second kappa shape index (κ2) is 3.98. The van der Waals surface area contributed by atoms with Crippen molar-refractivity contribution >= 4 is 56.6 Å². The fraction of sp³-hybridized carbons (Fsp3) is 0. The molecule has 3 rings (SSSR count). The molecule has 0 aliphatic carbocycles. The van der Waals surface area contributed by atoms with Crippen LogP contribution in [0, 0.1) is 0 Å². The summed E-state index contributed by atoms with van der Waals surface area (Å²) in [6.45, 7) is 0. The van der Waals surface area contributed by atoms with E-state index in [1.807, 2.05) is 18.2 Å². The molecule has 0 aliphatic heterocycles. The maximum absolute atomic E-state index is 6.13. The van der Waals surface area contributed by atoms with Gasteiger partial charge in [0.2, 0.25) is 0 Å². The van der Waals surface area contributed by atoms with Crippen molar-refractivity contribution in [3.63, 3.8) is 0 Å². The average Bonchev–Trinajstić information content (AvgIpc) is 2.33. The van der Waals surface area contributed by atoms with Gasteiger partial charge in [-0.25, -0.2) is 0 Å². The number of fused-ring (bicyclic) bond motifs is 3. The summed E-state index contributed by atoms with van der Waals surface area (Å²) in [5, 5.41) is 3.25. The molecule has 0 bridgehead atoms. The van der Waals surface area contributed by atoms with Crippen LogP contribution >= 0.6 is 34.8 Å². The predicted octanol–water partition coefficient (Wildman–Crippen LogP) is 4.74. The highest BCUT2D eigenvalue weighted by molar-refractivity contribution is 6.45. The first kappa shape index (κ1) is 11.0. The lowest BCUT2D eigenvalue weighted by Crippen LogP contribution is -1.86. The van der Waals surface area contributed by atoms with Crippen LogP contribution < -0.4 is 0 Å². The van der Waals surface area contributed by atoms with Gasteiger partial charge in [0.25, 0.3) is 0 Å². The smallest absolute Gasteiger partial charge is 0.0980 e. The van der Waals surface area contributed by atoms with Gasteiger partial charge in [-0.05, 0) is 6.07 Å². The van der Waals surface area contributed by atoms with E-state index in [1.165, 1.54) is 6.20 Å². The molecular weight excluding hydrogens is 279 g/mol. The molecule has 1 aromatic carbocycles. The normalized spacial score (nSPS) is 11.2. The van der Waals surface area contributed by atoms with Crippen LogP contribution in [-0.2, 0) is 0 Å². The summed E-state index contributed by atoms with van der Waals surface area (Å²) in [7, 11) is 0. The summed E-state index contributed by atoms with van der Waals surface area (Å²) >= 11 is 18.0. The molecule has 0 saturated heterocycles. The average molecular weight is 284 g/mol. The van der Waals surface area contributed by atoms with Gasteiger partial charge in [-0.1, -0.05) is 46.9 Å². The van der Waals surface area contributed by atoms with Crippen molar-refractivity contribution in [3.05, 3.63) is 45.7 Å². The molecule has 2 heterocycles. The van der Waals surface area contributed by atoms with Crippen molar-refractivity contribution in [1.82, 2.24) is 9.97 Å². The van der Waals surface area contributed by atoms with Crippen LogP contribution in [-0.4, -0.2) is 9.97 Å². The van der Waals surface area contributed by atoms with Crippen molar-refractivity contribution < 1.29 is 0 Å². The second-order valence-electron chi connectivity index (χ2n) is 3.61. The monoisotopic (exact) mass is 282 g/mol. The molecule has 0 aliphatic rings. The largest absolute Gasteiger partial charge is 0.252 e. The van der Waals surface area contributed by atoms with Crippen molar-refractivity contribution in [2.24, 2.45) is 0 Å². The first-order valence-electron chi connectivity index (χ1n) is 4.85. The number of hydrogen-bond acceptors (Lipinski definition) is 2. The van der Waals surface area contributed by atoms with Gasteiger partial charge < -0.3 is 0 Å². The number of hydrogen-bond donors (Lipinski definition) is 0. The van der Waals surface area contributed by atoms with E-state index in [-0.39, 0.29) is 0 Å². The summed E-state index contributed by atoms with van der Waals surface area (Å²) in [5.74, 6) is 0. The number of pyridine rings is 2. The summed E-state index contributed by atoms with van der Waals surface area (Å²) in [6, 6.07) is 5.62. The Labute approximate surface area is 112 Å². The van der Waals surface area contributed by atoms with Crippen LogP contribution in [0.3, 0.4) is 0 Å². The molecule has 0 spiro atoms. The van der Waals surface area contributed by atoms with Gasteiger partial charge in [0, 0.05) is 23.2 Å². The zero-order chi connectivity index (χ0) is 12.0. The molecule has 5 heteroatoms. The molecule has 2 nitrogen and oxygen atoms in total. The van der Waals surface area contributed by atoms with E-state index >= 15 is 0 Å². The Morgan fingerprint density at radius 1 is 0.882 bits per heavy atom. The molecular formula is C12H5Cl3N2. The van der Waals surface area contributed by atoms with E-state index in [2.05, 4.69) is 9.97 Å². The quantitative estimate of drug-likeness (QED) is 0.557. The lowest BCUT2D eigenvalue weighted by Gasteiger charge is -2.05. The van der Waals surface area contributed by atoms with Gasteiger partial charge in [0.1, 0.15) is 0 Å². The lowest BCUT2D eigenvalue weighted by molar-refractivity contribution is 1.37. The molecule has 0 N–H and O–H groups in total. The molecule has 84 valence electrons. The summed E-state index contributed by atoms with van der Waals surface area (Å²) in [4.78, 5) is 8.56. The Morgan fingerprint density at radius 3 is 2.47 bits per heavy atom. The number of halogens is 3. The van der Waals surface area contributed by atoms with E-state index < -0.39 is 0 Å². The van der Waals surface area contributed by atoms with Crippen LogP contribution in [0.25, 0.3) is 21.8 Å². The predicted molar refractivity (Wildman–Crippen MR) is 72.1 cm³/mol. The summed E-state index contributed by atoms with van der Waals surface area (Å²) in [6.07, 6.45) is 3.12. The molecule has 0 amide bonds. The van der Waals surface area contributed by atoms with Crippen molar-refractivity contribution in [1.29, 1.82) is 0 Å². The Morgan fingerprint density at radius 2 is 1.65 bits per heavy atom. The topological polar surface area (TPSA) is 25.8 Å². The van der Waals surface area contributed by atoms with Gasteiger partial charge in [-0.2, -0.15) is 0 Å². The third-order valence-corrected chi connectivity index (χ3v) is 3.54. The Bertz CT molecular complexity index is 740. The maximum Gasteiger partial charge on any atom is 0.0980 e. The van der Waals surface area contributed by atoms with E-state index in [1.54, 1.807) is 6.20 Å². The highest BCUT2D eigenvalue weighted by Crippen LogP contribution is 2.32. The van der Waals surface area contributed by atoms with E-state index in [0.29, 0.717) is 15.1 Å². The number of benzene rings is 1. The van der Waals surface area contributed by atoms with Crippen molar-refractivity contribution in [2.45, 2.75) is 0 Å². The van der Waals surface area contributed by atoms with E-state index in [0.717, 1.165) is 21.8 Å². The molecule has 17 heavy (non-hydrogen) atoms. The van der Waals surface area contributed by atoms with Crippen molar-refractivity contribution in [2.75, 3.05) is 0 Å². The van der Waals surface area contributed by atoms with E-state index in [4.69, 9.17) is 34.8 Å². The molecule has 0 fully saturated rings. The number of aromatic nitrogens is 2. The zero-order valence-electron chi connectivity index (χ0n) is 8.42. The van der Waals surface area contributed by atoms with Crippen LogP contribution in [0.15, 0.2) is 30.6 Å². The van der Waals surface area contributed by atoms with Gasteiger partial charge in [0.05, 0.1) is 26.1 Å². The van der Waals surface area contributed by atoms with Gasteiger partial charge in [-0.15, -0.1) is 0 Å². The molecule has 0 saturated carbocycles. The lowest BCUT2D eigenvalue weighted by atomic mass is 10.1.